The van der Waals surface area contributed by atoms with Crippen molar-refractivity contribution in [3.05, 3.63) is 388 Å². The van der Waals surface area contributed by atoms with Crippen LogP contribution in [0.25, 0.3) is 199 Å². The second-order valence-electron chi connectivity index (χ2n) is 27.7. The van der Waals surface area contributed by atoms with Crippen LogP contribution in [0, 0.1) is 0 Å². The van der Waals surface area contributed by atoms with E-state index in [9.17, 15) is 0 Å². The highest BCUT2D eigenvalue weighted by Crippen LogP contribution is 2.44. The molecule has 108 heavy (non-hydrogen) atoms. The lowest BCUT2D eigenvalue weighted by Crippen LogP contribution is -2.03. The van der Waals surface area contributed by atoms with Gasteiger partial charge in [0.1, 0.15) is 5.69 Å². The summed E-state index contributed by atoms with van der Waals surface area (Å²) in [6.07, 6.45) is 0. The fraction of sp³-hybridized carbons (Fsp3) is 0. The third-order valence-corrected chi connectivity index (χ3v) is 21.4. The first-order valence-electron chi connectivity index (χ1n) is 36.7. The van der Waals surface area contributed by atoms with Crippen LogP contribution in [0.2, 0.25) is 0 Å². The van der Waals surface area contributed by atoms with E-state index in [2.05, 4.69) is 364 Å². The molecule has 0 unspecified atom stereocenters. The lowest BCUT2D eigenvalue weighted by Gasteiger charge is -2.14. The standard InChI is InChI=1S/2C50H32N4/c1-4-14-33(15-5-1)35-24-27-46-41(30-35)42-32-37(25-28-47(42)53(46)38-18-8-3-9-19-38)36-26-29-48-40(31-36)39-20-10-13-23-45(39)54(48)50-49(34-16-6-2-7-17-34)51-43-21-11-12-22-44(43)52-50;1-4-14-33(15-5-1)35-24-27-46-42(30-35)43-32-37(25-28-47(43)53(46)38-18-8-3-9-19-38)36-26-29-48-41(31-36)39-20-11-13-23-45(39)54(48)50-51-44-22-12-10-21-40(44)49(52-50)34-16-6-2-7-17-34/h2*1-32H. The lowest BCUT2D eigenvalue weighted by atomic mass is 9.99. The molecule has 0 atom stereocenters. The first-order chi connectivity index (χ1) is 53.6. The van der Waals surface area contributed by atoms with Gasteiger partial charge >= 0.3 is 0 Å². The zero-order valence-corrected chi connectivity index (χ0v) is 58.5. The highest BCUT2D eigenvalue weighted by atomic mass is 15.2. The van der Waals surface area contributed by atoms with Gasteiger partial charge in [-0.25, -0.2) is 19.9 Å². The molecule has 0 spiro atoms. The molecule has 0 saturated heterocycles. The van der Waals surface area contributed by atoms with E-state index < -0.39 is 0 Å². The zero-order chi connectivity index (χ0) is 71.2. The van der Waals surface area contributed by atoms with Crippen LogP contribution in [-0.2, 0) is 0 Å². The molecule has 22 aromatic rings. The topological polar surface area (TPSA) is 71.3 Å². The van der Waals surface area contributed by atoms with E-state index >= 15 is 0 Å². The van der Waals surface area contributed by atoms with Crippen molar-refractivity contribution in [2.45, 2.75) is 0 Å². The van der Waals surface area contributed by atoms with Gasteiger partial charge < -0.3 is 9.13 Å². The van der Waals surface area contributed by atoms with Crippen LogP contribution in [-0.4, -0.2) is 38.2 Å². The van der Waals surface area contributed by atoms with Crippen LogP contribution < -0.4 is 0 Å². The molecule has 0 aliphatic heterocycles. The van der Waals surface area contributed by atoms with E-state index in [4.69, 9.17) is 19.9 Å². The molecule has 0 radical (unpaired) electrons. The average molecular weight is 1380 g/mol. The van der Waals surface area contributed by atoms with Crippen LogP contribution in [0.1, 0.15) is 0 Å². The molecule has 6 aromatic heterocycles. The monoisotopic (exact) mass is 1380 g/mol. The SMILES string of the molecule is c1ccc(-c2ccc3c(c2)c2cc(-c4ccc5c(c4)c4ccccc4n5-c4nc(-c5ccccc5)c5ccccc5n4)ccc2n3-c2ccccc2)cc1.c1ccc(-c2ccc3c(c2)c2cc(-c4ccc5c(c4)c4ccccc4n5-c4nc5ccccc5nc4-c4ccccc4)ccc2n3-c2ccccc2)cc1. The molecular formula is C100H64N8. The fourth-order valence-electron chi connectivity index (χ4n) is 16.4. The van der Waals surface area contributed by atoms with Crippen molar-refractivity contribution >= 4 is 109 Å². The number of nitrogens with zero attached hydrogens (tertiary/aromatic N) is 8. The van der Waals surface area contributed by atoms with E-state index in [-0.39, 0.29) is 0 Å². The molecule has 16 aromatic carbocycles. The van der Waals surface area contributed by atoms with Crippen LogP contribution in [0.4, 0.5) is 0 Å². The highest BCUT2D eigenvalue weighted by molar-refractivity contribution is 6.16. The van der Waals surface area contributed by atoms with E-state index in [1.807, 2.05) is 42.5 Å². The lowest BCUT2D eigenvalue weighted by molar-refractivity contribution is 1.01. The highest BCUT2D eigenvalue weighted by Gasteiger charge is 2.24. The molecule has 0 saturated carbocycles. The first-order valence-corrected chi connectivity index (χ1v) is 36.7. The quantitative estimate of drug-likeness (QED) is 0.137. The van der Waals surface area contributed by atoms with Crippen LogP contribution in [0.15, 0.2) is 388 Å². The minimum Gasteiger partial charge on any atom is -0.309 e. The molecule has 8 nitrogen and oxygen atoms in total. The molecule has 6 heterocycles. The minimum absolute atomic E-state index is 0.663. The zero-order valence-electron chi connectivity index (χ0n) is 58.5. The van der Waals surface area contributed by atoms with E-state index in [1.54, 1.807) is 0 Å². The predicted molar refractivity (Wildman–Crippen MR) is 449 cm³/mol. The van der Waals surface area contributed by atoms with Gasteiger partial charge in [0.2, 0.25) is 5.95 Å². The maximum atomic E-state index is 5.29. The third kappa shape index (κ3) is 10.4. The Morgan fingerprint density at radius 3 is 0.870 bits per heavy atom. The van der Waals surface area contributed by atoms with Crippen molar-refractivity contribution < 1.29 is 0 Å². The fourth-order valence-corrected chi connectivity index (χ4v) is 16.4. The second-order valence-corrected chi connectivity index (χ2v) is 27.7. The summed E-state index contributed by atoms with van der Waals surface area (Å²) in [5, 5.41) is 10.6. The number of para-hydroxylation sites is 7. The van der Waals surface area contributed by atoms with Crippen molar-refractivity contribution in [2.24, 2.45) is 0 Å². The average Bonchev–Trinajstić information content (AvgIpc) is 1.59. The Kier molecular flexibility index (Phi) is 14.7. The van der Waals surface area contributed by atoms with Gasteiger partial charge in [0.05, 0.1) is 66.4 Å². The molecule has 0 amide bonds. The van der Waals surface area contributed by atoms with Crippen molar-refractivity contribution in [2.75, 3.05) is 0 Å². The Morgan fingerprint density at radius 2 is 0.444 bits per heavy atom. The minimum atomic E-state index is 0.663. The van der Waals surface area contributed by atoms with Gasteiger partial charge in [0.25, 0.3) is 0 Å². The maximum absolute atomic E-state index is 5.29. The molecule has 0 fully saturated rings. The van der Waals surface area contributed by atoms with E-state index in [0.29, 0.717) is 5.95 Å². The maximum Gasteiger partial charge on any atom is 0.235 e. The summed E-state index contributed by atoms with van der Waals surface area (Å²) >= 11 is 0. The van der Waals surface area contributed by atoms with Gasteiger partial charge in [-0.05, 0) is 172 Å². The van der Waals surface area contributed by atoms with Crippen LogP contribution in [0.3, 0.4) is 0 Å². The smallest absolute Gasteiger partial charge is 0.235 e. The Bertz CT molecular complexity index is 7260. The summed E-state index contributed by atoms with van der Waals surface area (Å²) in [6.45, 7) is 0. The largest absolute Gasteiger partial charge is 0.309 e. The van der Waals surface area contributed by atoms with E-state index in [1.165, 1.54) is 104 Å². The molecule has 0 bridgehead atoms. The Hall–Kier alpha value is -14.6. The van der Waals surface area contributed by atoms with Crippen LogP contribution >= 0.6 is 0 Å². The molecule has 8 heteroatoms. The van der Waals surface area contributed by atoms with Crippen molar-refractivity contribution in [3.63, 3.8) is 0 Å². The van der Waals surface area contributed by atoms with Gasteiger partial charge in [-0.15, -0.1) is 0 Å². The molecule has 22 rings (SSSR count). The third-order valence-electron chi connectivity index (χ3n) is 21.4. The van der Waals surface area contributed by atoms with Crippen molar-refractivity contribution in [3.8, 4) is 90.2 Å². The number of hydrogen-bond acceptors (Lipinski definition) is 4. The Labute approximate surface area is 621 Å². The van der Waals surface area contributed by atoms with Gasteiger partial charge in [-0.2, -0.15) is 0 Å². The first kappa shape index (κ1) is 62.0. The summed E-state index contributed by atoms with van der Waals surface area (Å²) in [6, 6.07) is 138. The summed E-state index contributed by atoms with van der Waals surface area (Å²) in [5.41, 5.74) is 27.5. The normalized spacial score (nSPS) is 11.7. The van der Waals surface area contributed by atoms with Crippen LogP contribution in [0.5, 0.6) is 0 Å². The Morgan fingerprint density at radius 1 is 0.157 bits per heavy atom. The van der Waals surface area contributed by atoms with Crippen molar-refractivity contribution in [1.82, 2.24) is 38.2 Å². The van der Waals surface area contributed by atoms with Crippen molar-refractivity contribution in [1.29, 1.82) is 0 Å². The molecular weight excluding hydrogens is 1310 g/mol. The number of hydrogen-bond donors (Lipinski definition) is 0. The van der Waals surface area contributed by atoms with Gasteiger partial charge in [-0.3, -0.25) is 9.13 Å². The summed E-state index contributed by atoms with van der Waals surface area (Å²) in [7, 11) is 0. The Balaban J connectivity index is 0.000000138. The van der Waals surface area contributed by atoms with Gasteiger partial charge in [0.15, 0.2) is 5.82 Å². The van der Waals surface area contributed by atoms with Gasteiger partial charge in [-0.1, -0.05) is 261 Å². The van der Waals surface area contributed by atoms with E-state index in [0.717, 1.165) is 89.3 Å². The number of fused-ring (bicyclic) bond motifs is 14. The second kappa shape index (κ2) is 25.7. The molecule has 0 N–H and O–H groups in total. The summed E-state index contributed by atoms with van der Waals surface area (Å²) in [5.74, 6) is 1.49. The molecule has 0 aliphatic carbocycles. The summed E-state index contributed by atoms with van der Waals surface area (Å²) < 4.78 is 9.27. The number of aromatic nitrogens is 8. The molecule has 0 aliphatic rings. The number of rotatable bonds is 10. The summed E-state index contributed by atoms with van der Waals surface area (Å²) in [4.78, 5) is 20.9. The molecule has 504 valence electrons. The van der Waals surface area contributed by atoms with Gasteiger partial charge in [0, 0.05) is 71.0 Å². The number of benzene rings is 16. The predicted octanol–water partition coefficient (Wildman–Crippen LogP) is 25.7.